The van der Waals surface area contributed by atoms with Gasteiger partial charge in [-0.15, -0.1) is 5.10 Å². The molecule has 1 aromatic carbocycles. The minimum atomic E-state index is -0.351. The van der Waals surface area contributed by atoms with Gasteiger partial charge in [0.25, 0.3) is 0 Å². The quantitative estimate of drug-likeness (QED) is 0.591. The molecule has 0 saturated carbocycles. The number of aromatic nitrogens is 4. The topological polar surface area (TPSA) is 92.6 Å². The number of carbonyl (C=O) groups excluding carboxylic acids is 1. The first-order valence-electron chi connectivity index (χ1n) is 10.3. The molecule has 162 valence electrons. The van der Waals surface area contributed by atoms with Gasteiger partial charge >= 0.3 is 11.7 Å². The average Bonchev–Trinajstić information content (AvgIpc) is 3.19. The predicted octanol–water partition coefficient (Wildman–Crippen LogP) is 3.12. The number of hydrogen-bond acceptors (Lipinski definition) is 6. The molecular weight excluding hydrogens is 418 g/mol. The third kappa shape index (κ3) is 4.55. The Morgan fingerprint density at radius 1 is 1.35 bits per heavy atom. The van der Waals surface area contributed by atoms with Gasteiger partial charge in [-0.3, -0.25) is 9.69 Å². The second-order valence-electron chi connectivity index (χ2n) is 7.52. The van der Waals surface area contributed by atoms with Crippen LogP contribution in [0, 0.1) is 0 Å². The van der Waals surface area contributed by atoms with Crippen molar-refractivity contribution in [3.8, 4) is 11.3 Å². The van der Waals surface area contributed by atoms with Gasteiger partial charge in [0.15, 0.2) is 11.5 Å². The van der Waals surface area contributed by atoms with E-state index in [4.69, 9.17) is 16.3 Å². The standard InChI is InChI=1S/C22H24ClN5O3/c1-3-14-11-16(23)5-6-17(14)18-12-19-25-21(26-28(19)22(30)24-18)15-7-9-27(10-8-15)13-20(29)31-4-2/h3,5-6,11-12,15H,1,4,7-10,13H2,2H3,(H,24,30). The summed E-state index contributed by atoms with van der Waals surface area (Å²) in [6.45, 7) is 7.84. The molecule has 3 aromatic rings. The van der Waals surface area contributed by atoms with Crippen molar-refractivity contribution in [3.63, 3.8) is 0 Å². The monoisotopic (exact) mass is 441 g/mol. The maximum Gasteiger partial charge on any atom is 0.348 e. The molecule has 31 heavy (non-hydrogen) atoms. The fraction of sp³-hybridized carbons (Fsp3) is 0.364. The number of ether oxygens (including phenoxy) is 1. The first-order valence-corrected chi connectivity index (χ1v) is 10.7. The number of aromatic amines is 1. The van der Waals surface area contributed by atoms with E-state index in [2.05, 4.69) is 26.5 Å². The first-order chi connectivity index (χ1) is 15.0. The summed E-state index contributed by atoms with van der Waals surface area (Å²) in [6.07, 6.45) is 3.33. The lowest BCUT2D eigenvalue weighted by Crippen LogP contribution is -2.37. The molecule has 0 radical (unpaired) electrons. The summed E-state index contributed by atoms with van der Waals surface area (Å²) in [5.41, 5.74) is 2.41. The van der Waals surface area contributed by atoms with Crippen molar-refractivity contribution >= 4 is 29.3 Å². The van der Waals surface area contributed by atoms with Crippen LogP contribution in [-0.4, -0.2) is 56.7 Å². The van der Waals surface area contributed by atoms with Crippen LogP contribution in [0.5, 0.6) is 0 Å². The second-order valence-corrected chi connectivity index (χ2v) is 7.96. The Labute approximate surface area is 184 Å². The molecule has 1 saturated heterocycles. The van der Waals surface area contributed by atoms with Crippen LogP contribution in [0.3, 0.4) is 0 Å². The smallest absolute Gasteiger partial charge is 0.348 e. The number of rotatable bonds is 6. The number of H-pyrrole nitrogens is 1. The van der Waals surface area contributed by atoms with Gasteiger partial charge < -0.3 is 9.72 Å². The summed E-state index contributed by atoms with van der Waals surface area (Å²) in [5, 5.41) is 5.05. The SMILES string of the molecule is C=Cc1cc(Cl)ccc1-c1cc2nc(C3CCN(CC(=O)OCC)CC3)nn2c(=O)[nH]1. The highest BCUT2D eigenvalue weighted by Gasteiger charge is 2.25. The van der Waals surface area contributed by atoms with E-state index in [-0.39, 0.29) is 17.6 Å². The van der Waals surface area contributed by atoms with E-state index < -0.39 is 0 Å². The van der Waals surface area contributed by atoms with Gasteiger partial charge in [-0.1, -0.05) is 30.3 Å². The van der Waals surface area contributed by atoms with Crippen LogP contribution in [0.2, 0.25) is 5.02 Å². The number of likely N-dealkylation sites (tertiary alicyclic amines) is 1. The van der Waals surface area contributed by atoms with E-state index in [0.717, 1.165) is 37.1 Å². The lowest BCUT2D eigenvalue weighted by Gasteiger charge is -2.29. The molecule has 1 fully saturated rings. The summed E-state index contributed by atoms with van der Waals surface area (Å²) in [4.78, 5) is 33.9. The number of nitrogens with zero attached hydrogens (tertiary/aromatic N) is 4. The Bertz CT molecular complexity index is 1180. The fourth-order valence-corrected chi connectivity index (χ4v) is 4.10. The van der Waals surface area contributed by atoms with E-state index in [1.807, 2.05) is 12.1 Å². The van der Waals surface area contributed by atoms with Gasteiger partial charge in [-0.05, 0) is 50.6 Å². The predicted molar refractivity (Wildman–Crippen MR) is 119 cm³/mol. The van der Waals surface area contributed by atoms with Crippen molar-refractivity contribution in [2.75, 3.05) is 26.2 Å². The normalized spacial score (nSPS) is 15.3. The van der Waals surface area contributed by atoms with E-state index in [1.54, 1.807) is 25.1 Å². The van der Waals surface area contributed by atoms with Crippen LogP contribution < -0.4 is 5.69 Å². The van der Waals surface area contributed by atoms with Gasteiger partial charge in [-0.25, -0.2) is 9.78 Å². The molecule has 4 rings (SSSR count). The molecule has 1 N–H and O–H groups in total. The number of nitrogens with one attached hydrogen (secondary N) is 1. The second kappa shape index (κ2) is 9.03. The van der Waals surface area contributed by atoms with E-state index in [9.17, 15) is 9.59 Å². The molecule has 0 bridgehead atoms. The maximum absolute atomic E-state index is 12.7. The highest BCUT2D eigenvalue weighted by Crippen LogP contribution is 2.28. The van der Waals surface area contributed by atoms with E-state index in [0.29, 0.717) is 35.3 Å². The van der Waals surface area contributed by atoms with Gasteiger partial charge in [0.05, 0.1) is 18.8 Å². The third-order valence-corrected chi connectivity index (χ3v) is 5.73. The van der Waals surface area contributed by atoms with Crippen molar-refractivity contribution in [1.29, 1.82) is 0 Å². The lowest BCUT2D eigenvalue weighted by molar-refractivity contribution is -0.144. The number of fused-ring (bicyclic) bond motifs is 1. The number of carbonyl (C=O) groups is 1. The molecule has 0 atom stereocenters. The van der Waals surface area contributed by atoms with E-state index >= 15 is 0 Å². The van der Waals surface area contributed by atoms with Gasteiger partial charge in [0, 0.05) is 22.6 Å². The molecule has 2 aromatic heterocycles. The molecule has 3 heterocycles. The summed E-state index contributed by atoms with van der Waals surface area (Å²) in [7, 11) is 0. The molecule has 0 aliphatic carbocycles. The molecule has 0 spiro atoms. The van der Waals surface area contributed by atoms with Crippen molar-refractivity contribution in [2.24, 2.45) is 0 Å². The van der Waals surface area contributed by atoms with E-state index in [1.165, 1.54) is 4.52 Å². The Morgan fingerprint density at radius 2 is 2.13 bits per heavy atom. The first kappa shape index (κ1) is 21.3. The zero-order valence-corrected chi connectivity index (χ0v) is 18.1. The van der Waals surface area contributed by atoms with Crippen LogP contribution in [-0.2, 0) is 9.53 Å². The van der Waals surface area contributed by atoms with Crippen molar-refractivity contribution < 1.29 is 9.53 Å². The van der Waals surface area contributed by atoms with Crippen molar-refractivity contribution in [2.45, 2.75) is 25.7 Å². The maximum atomic E-state index is 12.7. The molecular formula is C22H24ClN5O3. The number of hydrogen-bond donors (Lipinski definition) is 1. The third-order valence-electron chi connectivity index (χ3n) is 5.49. The number of halogens is 1. The zero-order valence-electron chi connectivity index (χ0n) is 17.3. The van der Waals surface area contributed by atoms with Gasteiger partial charge in [0.1, 0.15) is 0 Å². The summed E-state index contributed by atoms with van der Waals surface area (Å²) in [5.74, 6) is 0.589. The Kier molecular flexibility index (Phi) is 6.20. The summed E-state index contributed by atoms with van der Waals surface area (Å²) in [6, 6.07) is 7.22. The summed E-state index contributed by atoms with van der Waals surface area (Å²) >= 11 is 6.08. The number of benzene rings is 1. The Hall–Kier alpha value is -2.97. The van der Waals surface area contributed by atoms with Crippen LogP contribution >= 0.6 is 11.6 Å². The highest BCUT2D eigenvalue weighted by atomic mass is 35.5. The fourth-order valence-electron chi connectivity index (χ4n) is 3.92. The zero-order chi connectivity index (χ0) is 22.0. The van der Waals surface area contributed by atoms with Crippen LogP contribution in [0.25, 0.3) is 23.0 Å². The molecule has 1 aliphatic rings. The highest BCUT2D eigenvalue weighted by molar-refractivity contribution is 6.30. The van der Waals surface area contributed by atoms with Crippen LogP contribution in [0.1, 0.15) is 37.1 Å². The number of esters is 1. The van der Waals surface area contributed by atoms with Crippen molar-refractivity contribution in [3.05, 3.63) is 57.7 Å². The van der Waals surface area contributed by atoms with Gasteiger partial charge in [0.2, 0.25) is 0 Å². The van der Waals surface area contributed by atoms with Crippen molar-refractivity contribution in [1.82, 2.24) is 24.5 Å². The molecule has 0 unspecified atom stereocenters. The molecule has 8 nitrogen and oxygen atoms in total. The van der Waals surface area contributed by atoms with Gasteiger partial charge in [-0.2, -0.15) is 4.52 Å². The minimum absolute atomic E-state index is 0.139. The van der Waals surface area contributed by atoms with Crippen LogP contribution in [0.15, 0.2) is 35.6 Å². The molecule has 1 aliphatic heterocycles. The van der Waals surface area contributed by atoms with Crippen LogP contribution in [0.4, 0.5) is 0 Å². The number of piperidine rings is 1. The lowest BCUT2D eigenvalue weighted by atomic mass is 9.96. The minimum Gasteiger partial charge on any atom is -0.465 e. The molecule has 9 heteroatoms. The Balaban J connectivity index is 1.56. The largest absolute Gasteiger partial charge is 0.465 e. The molecule has 0 amide bonds. The average molecular weight is 442 g/mol. The Morgan fingerprint density at radius 3 is 2.84 bits per heavy atom. The summed E-state index contributed by atoms with van der Waals surface area (Å²) < 4.78 is 6.32.